The van der Waals surface area contributed by atoms with E-state index in [0.29, 0.717) is 17.9 Å². The molecular formula is C36H52O12. The van der Waals surface area contributed by atoms with Crippen LogP contribution in [0.2, 0.25) is 0 Å². The Kier molecular flexibility index (Phi) is 12.1. The molecule has 12 heteroatoms. The number of allylic oxidation sites excluding steroid dienone is 2. The maximum absolute atomic E-state index is 13.4. The minimum atomic E-state index is -2.61. The van der Waals surface area contributed by atoms with Crippen LogP contribution in [0.1, 0.15) is 108 Å². The van der Waals surface area contributed by atoms with Gasteiger partial charge in [0.05, 0.1) is 5.92 Å². The van der Waals surface area contributed by atoms with Crippen LogP contribution in [0.15, 0.2) is 34.4 Å². The molecule has 1 saturated carbocycles. The first-order valence-corrected chi connectivity index (χ1v) is 16.7. The predicted molar refractivity (Wildman–Crippen MR) is 173 cm³/mol. The van der Waals surface area contributed by atoms with Crippen LogP contribution in [-0.2, 0) is 47.7 Å². The van der Waals surface area contributed by atoms with E-state index in [1.54, 1.807) is 40.7 Å². The van der Waals surface area contributed by atoms with Crippen molar-refractivity contribution in [3.8, 4) is 0 Å². The SMILES string of the molecule is CC=C(C)C(=O)OC1C(C)=C2C(C1OC(=O)CCCCC(C)CC)C(C)(OC(C)=O)CC(OC(=O)C=C(C)C)C1(O)C2OC(=O)C1(C)O. The summed E-state index contributed by atoms with van der Waals surface area (Å²) in [5.41, 5.74) is -5.68. The molecule has 9 unspecified atom stereocenters. The number of esters is 5. The minimum Gasteiger partial charge on any atom is -0.459 e. The third-order valence-electron chi connectivity index (χ3n) is 9.99. The highest BCUT2D eigenvalue weighted by Gasteiger charge is 2.76. The molecular weight excluding hydrogens is 624 g/mol. The van der Waals surface area contributed by atoms with E-state index < -0.39 is 83.4 Å². The van der Waals surface area contributed by atoms with Crippen molar-refractivity contribution in [3.63, 3.8) is 0 Å². The van der Waals surface area contributed by atoms with Crippen LogP contribution in [0, 0.1) is 11.8 Å². The summed E-state index contributed by atoms with van der Waals surface area (Å²) in [7, 11) is 0. The van der Waals surface area contributed by atoms with E-state index >= 15 is 0 Å². The molecule has 2 N–H and O–H groups in total. The predicted octanol–water partition coefficient (Wildman–Crippen LogP) is 4.34. The van der Waals surface area contributed by atoms with Gasteiger partial charge in [-0.3, -0.25) is 9.59 Å². The average molecular weight is 677 g/mol. The van der Waals surface area contributed by atoms with Crippen LogP contribution >= 0.6 is 0 Å². The second kappa shape index (κ2) is 14.9. The number of hydrogen-bond acceptors (Lipinski definition) is 12. The Morgan fingerprint density at radius 1 is 1.04 bits per heavy atom. The summed E-state index contributed by atoms with van der Waals surface area (Å²) in [5, 5.41) is 24.0. The monoisotopic (exact) mass is 676 g/mol. The highest BCUT2D eigenvalue weighted by atomic mass is 16.6. The molecule has 0 radical (unpaired) electrons. The lowest BCUT2D eigenvalue weighted by atomic mass is 9.75. The maximum atomic E-state index is 13.4. The zero-order chi connectivity index (χ0) is 36.4. The number of unbranched alkanes of at least 4 members (excludes halogenated alkanes) is 1. The highest BCUT2D eigenvalue weighted by Crippen LogP contribution is 2.57. The van der Waals surface area contributed by atoms with Gasteiger partial charge < -0.3 is 33.9 Å². The second-order valence-electron chi connectivity index (χ2n) is 14.1. The molecule has 1 heterocycles. The molecule has 0 aromatic carbocycles. The number of carbonyl (C=O) groups is 5. The van der Waals surface area contributed by atoms with E-state index in [9.17, 15) is 34.2 Å². The summed E-state index contributed by atoms with van der Waals surface area (Å²) in [5.74, 6) is -4.77. The third-order valence-corrected chi connectivity index (χ3v) is 9.99. The molecule has 2 aliphatic carbocycles. The molecule has 0 aromatic heterocycles. The molecule has 2 fully saturated rings. The van der Waals surface area contributed by atoms with Crippen molar-refractivity contribution in [2.75, 3.05) is 0 Å². The quantitative estimate of drug-likeness (QED) is 0.0987. The van der Waals surface area contributed by atoms with Crippen molar-refractivity contribution in [1.29, 1.82) is 0 Å². The van der Waals surface area contributed by atoms with E-state index in [4.69, 9.17) is 23.7 Å². The van der Waals surface area contributed by atoms with E-state index in [-0.39, 0.29) is 23.1 Å². The fourth-order valence-corrected chi connectivity index (χ4v) is 6.98. The van der Waals surface area contributed by atoms with Gasteiger partial charge in [0.1, 0.15) is 11.7 Å². The van der Waals surface area contributed by atoms with Crippen molar-refractivity contribution in [2.24, 2.45) is 11.8 Å². The number of carbonyl (C=O) groups excluding carboxylic acids is 5. The normalized spacial score (nSPS) is 33.5. The summed E-state index contributed by atoms with van der Waals surface area (Å²) in [6.07, 6.45) is -0.240. The standard InChI is InChI=1S/C36H52O12/c1-11-20(5)15-13-14-16-25(38)45-30-28-27(22(7)29(30)46-32(40)21(6)12-2)31-36(43,35(10,42)33(41)47-31)24(44-26(39)17-19(3)4)18-34(28,9)48-23(8)37/h12,17,20,24,28-31,42-43H,11,13-16,18H2,1-10H3. The molecule has 1 aliphatic heterocycles. The Labute approximate surface area is 282 Å². The number of fused-ring (bicyclic) bond motifs is 3. The van der Waals surface area contributed by atoms with Gasteiger partial charge in [0, 0.05) is 31.4 Å². The summed E-state index contributed by atoms with van der Waals surface area (Å²) in [4.78, 5) is 65.5. The molecule has 1 saturated heterocycles. The van der Waals surface area contributed by atoms with Crippen LogP contribution in [-0.4, -0.2) is 81.3 Å². The first kappa shape index (κ1) is 38.9. The molecule has 0 bridgehead atoms. The Bertz CT molecular complexity index is 1380. The lowest BCUT2D eigenvalue weighted by Gasteiger charge is -2.41. The second-order valence-corrected chi connectivity index (χ2v) is 14.1. The fraction of sp³-hybridized carbons (Fsp3) is 0.694. The van der Waals surface area contributed by atoms with Crippen LogP contribution in [0.3, 0.4) is 0 Å². The first-order chi connectivity index (χ1) is 22.2. The zero-order valence-electron chi connectivity index (χ0n) is 29.8. The van der Waals surface area contributed by atoms with Gasteiger partial charge in [-0.15, -0.1) is 0 Å². The van der Waals surface area contributed by atoms with Crippen LogP contribution in [0.25, 0.3) is 0 Å². The molecule has 268 valence electrons. The third kappa shape index (κ3) is 7.54. The van der Waals surface area contributed by atoms with Crippen molar-refractivity contribution < 1.29 is 57.9 Å². The molecule has 0 spiro atoms. The molecule has 48 heavy (non-hydrogen) atoms. The van der Waals surface area contributed by atoms with Crippen molar-refractivity contribution in [1.82, 2.24) is 0 Å². The van der Waals surface area contributed by atoms with E-state index in [1.807, 2.05) is 0 Å². The van der Waals surface area contributed by atoms with Gasteiger partial charge >= 0.3 is 29.8 Å². The summed E-state index contributed by atoms with van der Waals surface area (Å²) < 4.78 is 29.4. The van der Waals surface area contributed by atoms with Gasteiger partial charge in [-0.05, 0) is 72.0 Å². The molecule has 12 nitrogen and oxygen atoms in total. The van der Waals surface area contributed by atoms with Gasteiger partial charge in [0.2, 0.25) is 0 Å². The summed E-state index contributed by atoms with van der Waals surface area (Å²) in [6.45, 7) is 16.1. The number of hydrogen-bond donors (Lipinski definition) is 2. The largest absolute Gasteiger partial charge is 0.459 e. The Morgan fingerprint density at radius 2 is 1.69 bits per heavy atom. The molecule has 3 aliphatic rings. The van der Waals surface area contributed by atoms with Gasteiger partial charge in [-0.25, -0.2) is 14.4 Å². The fourth-order valence-electron chi connectivity index (χ4n) is 6.98. The minimum absolute atomic E-state index is 0.0624. The Morgan fingerprint density at radius 3 is 2.25 bits per heavy atom. The Hall–Kier alpha value is -3.51. The smallest absolute Gasteiger partial charge is 0.341 e. The number of ether oxygens (including phenoxy) is 5. The van der Waals surface area contributed by atoms with Crippen molar-refractivity contribution >= 4 is 29.8 Å². The first-order valence-electron chi connectivity index (χ1n) is 16.7. The molecule has 9 atom stereocenters. The molecule has 0 amide bonds. The average Bonchev–Trinajstić information content (AvgIpc) is 3.32. The van der Waals surface area contributed by atoms with Gasteiger partial charge in [-0.1, -0.05) is 44.8 Å². The summed E-state index contributed by atoms with van der Waals surface area (Å²) in [6, 6.07) is 0. The van der Waals surface area contributed by atoms with Crippen LogP contribution < -0.4 is 0 Å². The topological polar surface area (TPSA) is 172 Å². The van der Waals surface area contributed by atoms with E-state index in [2.05, 4.69) is 13.8 Å². The van der Waals surface area contributed by atoms with Crippen molar-refractivity contribution in [3.05, 3.63) is 34.4 Å². The number of rotatable bonds is 12. The van der Waals surface area contributed by atoms with Crippen molar-refractivity contribution in [2.45, 2.75) is 149 Å². The zero-order valence-corrected chi connectivity index (χ0v) is 29.8. The van der Waals surface area contributed by atoms with Gasteiger partial charge in [-0.2, -0.15) is 0 Å². The maximum Gasteiger partial charge on any atom is 0.341 e. The lowest BCUT2D eigenvalue weighted by Crippen LogP contribution is -2.64. The number of aliphatic hydroxyl groups is 2. The molecule has 3 rings (SSSR count). The highest BCUT2D eigenvalue weighted by molar-refractivity contribution is 5.88. The lowest BCUT2D eigenvalue weighted by molar-refractivity contribution is -0.210. The summed E-state index contributed by atoms with van der Waals surface area (Å²) >= 11 is 0. The molecule has 0 aromatic rings. The van der Waals surface area contributed by atoms with E-state index in [0.717, 1.165) is 26.2 Å². The van der Waals surface area contributed by atoms with Crippen LogP contribution in [0.4, 0.5) is 0 Å². The van der Waals surface area contributed by atoms with Gasteiger partial charge in [0.25, 0.3) is 0 Å². The van der Waals surface area contributed by atoms with Gasteiger partial charge in [0.15, 0.2) is 29.5 Å². The van der Waals surface area contributed by atoms with E-state index in [1.165, 1.54) is 19.9 Å². The Balaban J connectivity index is 2.23. The van der Waals surface area contributed by atoms with Crippen LogP contribution in [0.5, 0.6) is 0 Å².